The summed E-state index contributed by atoms with van der Waals surface area (Å²) in [5, 5.41) is 4.81. The van der Waals surface area contributed by atoms with Crippen molar-refractivity contribution >= 4 is 11.3 Å². The van der Waals surface area contributed by atoms with E-state index in [1.807, 2.05) is 16.9 Å². The van der Waals surface area contributed by atoms with Gasteiger partial charge in [0.2, 0.25) is 0 Å². The molecule has 0 amide bonds. The Balaban J connectivity index is 1.76. The molecule has 0 unspecified atom stereocenters. The predicted octanol–water partition coefficient (Wildman–Crippen LogP) is 3.16. The average molecular weight is 335 g/mol. The van der Waals surface area contributed by atoms with Crippen molar-refractivity contribution in [2.24, 2.45) is 0 Å². The summed E-state index contributed by atoms with van der Waals surface area (Å²) in [6, 6.07) is 8.70. The first-order chi connectivity index (χ1) is 12.1. The topological polar surface area (TPSA) is 36.7 Å². The van der Waals surface area contributed by atoms with Gasteiger partial charge in [0, 0.05) is 37.6 Å². The Bertz CT molecular complexity index is 898. The Morgan fingerprint density at radius 3 is 2.72 bits per heavy atom. The van der Waals surface area contributed by atoms with Crippen molar-refractivity contribution in [3.8, 4) is 11.3 Å². The molecule has 25 heavy (non-hydrogen) atoms. The lowest BCUT2D eigenvalue weighted by Gasteiger charge is -2.22. The van der Waals surface area contributed by atoms with E-state index in [9.17, 15) is 0 Å². The molecule has 1 saturated heterocycles. The second kappa shape index (κ2) is 6.48. The molecular formula is C20H25N5. The lowest BCUT2D eigenvalue weighted by atomic mass is 10.0. The molecule has 0 radical (unpaired) electrons. The molecule has 0 aliphatic carbocycles. The third kappa shape index (κ3) is 3.12. The van der Waals surface area contributed by atoms with E-state index in [0.717, 1.165) is 49.6 Å². The normalized spacial score (nSPS) is 16.4. The summed E-state index contributed by atoms with van der Waals surface area (Å²) < 4.78 is 1.96. The molecular weight excluding hydrogens is 310 g/mol. The van der Waals surface area contributed by atoms with Crippen molar-refractivity contribution < 1.29 is 0 Å². The number of rotatable bonds is 2. The van der Waals surface area contributed by atoms with Gasteiger partial charge in [-0.1, -0.05) is 23.8 Å². The number of hydrogen-bond acceptors (Lipinski definition) is 4. The summed E-state index contributed by atoms with van der Waals surface area (Å²) in [6.45, 7) is 8.54. The highest BCUT2D eigenvalue weighted by Crippen LogP contribution is 2.28. The van der Waals surface area contributed by atoms with Crippen molar-refractivity contribution in [2.45, 2.75) is 20.3 Å². The fourth-order valence-corrected chi connectivity index (χ4v) is 3.64. The smallest absolute Gasteiger partial charge is 0.154 e. The average Bonchev–Trinajstić information content (AvgIpc) is 2.90. The van der Waals surface area contributed by atoms with Crippen LogP contribution < -0.4 is 4.90 Å². The number of fused-ring (bicyclic) bond motifs is 1. The van der Waals surface area contributed by atoms with Crippen LogP contribution in [-0.2, 0) is 0 Å². The molecule has 1 aliphatic heterocycles. The minimum absolute atomic E-state index is 1.01. The maximum Gasteiger partial charge on any atom is 0.154 e. The number of anilines is 1. The minimum Gasteiger partial charge on any atom is -0.353 e. The van der Waals surface area contributed by atoms with E-state index in [1.54, 1.807) is 0 Å². The molecule has 2 aromatic heterocycles. The quantitative estimate of drug-likeness (QED) is 0.721. The highest BCUT2D eigenvalue weighted by molar-refractivity contribution is 5.76. The van der Waals surface area contributed by atoms with Crippen molar-refractivity contribution in [3.05, 3.63) is 47.8 Å². The Morgan fingerprint density at radius 1 is 1.00 bits per heavy atom. The molecule has 4 rings (SSSR count). The number of aryl methyl sites for hydroxylation is 2. The third-order valence-corrected chi connectivity index (χ3v) is 5.05. The van der Waals surface area contributed by atoms with E-state index in [-0.39, 0.29) is 0 Å². The van der Waals surface area contributed by atoms with E-state index in [0.29, 0.717) is 0 Å². The lowest BCUT2D eigenvalue weighted by Crippen LogP contribution is -2.29. The van der Waals surface area contributed by atoms with Crippen LogP contribution in [0.2, 0.25) is 0 Å². The highest BCUT2D eigenvalue weighted by atomic mass is 15.3. The zero-order valence-corrected chi connectivity index (χ0v) is 15.2. The van der Waals surface area contributed by atoms with E-state index < -0.39 is 0 Å². The Labute approximate surface area is 148 Å². The van der Waals surface area contributed by atoms with Crippen LogP contribution in [0, 0.1) is 13.8 Å². The van der Waals surface area contributed by atoms with Crippen molar-refractivity contribution in [2.75, 3.05) is 38.1 Å². The molecule has 0 atom stereocenters. The monoisotopic (exact) mass is 335 g/mol. The maximum absolute atomic E-state index is 4.81. The molecule has 0 N–H and O–H groups in total. The first-order valence-electron chi connectivity index (χ1n) is 8.97. The summed E-state index contributed by atoms with van der Waals surface area (Å²) in [5.74, 6) is 1.04. The third-order valence-electron chi connectivity index (χ3n) is 5.05. The highest BCUT2D eigenvalue weighted by Gasteiger charge is 2.18. The number of likely N-dealkylation sites (N-methyl/N-ethyl adjacent to an activating group) is 1. The SMILES string of the molecule is Cc1ccc(-c2cc3c(N4CCCN(C)CC4)nccn3n2)c(C)c1. The van der Waals surface area contributed by atoms with Gasteiger partial charge in [0.1, 0.15) is 5.52 Å². The number of benzene rings is 1. The van der Waals surface area contributed by atoms with Gasteiger partial charge in [0.25, 0.3) is 0 Å². The van der Waals surface area contributed by atoms with E-state index >= 15 is 0 Å². The molecule has 130 valence electrons. The largest absolute Gasteiger partial charge is 0.353 e. The van der Waals surface area contributed by atoms with Crippen molar-refractivity contribution in [1.82, 2.24) is 19.5 Å². The molecule has 5 heteroatoms. The Kier molecular flexibility index (Phi) is 4.17. The van der Waals surface area contributed by atoms with Gasteiger partial charge in [-0.05, 0) is 45.5 Å². The second-order valence-corrected chi connectivity index (χ2v) is 7.07. The first-order valence-corrected chi connectivity index (χ1v) is 8.97. The van der Waals surface area contributed by atoms with Gasteiger partial charge >= 0.3 is 0 Å². The van der Waals surface area contributed by atoms with Gasteiger partial charge in [-0.2, -0.15) is 5.10 Å². The molecule has 1 aliphatic rings. The number of nitrogens with zero attached hydrogens (tertiary/aromatic N) is 5. The predicted molar refractivity (Wildman–Crippen MR) is 102 cm³/mol. The Morgan fingerprint density at radius 2 is 1.88 bits per heavy atom. The van der Waals surface area contributed by atoms with Crippen LogP contribution >= 0.6 is 0 Å². The van der Waals surface area contributed by atoms with Crippen LogP contribution in [0.25, 0.3) is 16.8 Å². The second-order valence-electron chi connectivity index (χ2n) is 7.07. The van der Waals surface area contributed by atoms with Gasteiger partial charge < -0.3 is 9.80 Å². The van der Waals surface area contributed by atoms with Crippen LogP contribution in [-0.4, -0.2) is 52.7 Å². The minimum atomic E-state index is 1.01. The summed E-state index contributed by atoms with van der Waals surface area (Å²) in [6.07, 6.45) is 4.96. The van der Waals surface area contributed by atoms with Gasteiger partial charge in [-0.3, -0.25) is 0 Å². The summed E-state index contributed by atoms with van der Waals surface area (Å²) in [4.78, 5) is 9.47. The number of hydrogen-bond donors (Lipinski definition) is 0. The zero-order valence-electron chi connectivity index (χ0n) is 15.2. The summed E-state index contributed by atoms with van der Waals surface area (Å²) in [7, 11) is 2.19. The fraction of sp³-hybridized carbons (Fsp3) is 0.400. The van der Waals surface area contributed by atoms with E-state index in [1.165, 1.54) is 16.7 Å². The fourth-order valence-electron chi connectivity index (χ4n) is 3.64. The molecule has 0 bridgehead atoms. The van der Waals surface area contributed by atoms with Gasteiger partial charge in [0.15, 0.2) is 5.82 Å². The van der Waals surface area contributed by atoms with Crippen LogP contribution in [0.4, 0.5) is 5.82 Å². The van der Waals surface area contributed by atoms with Crippen LogP contribution in [0.15, 0.2) is 36.7 Å². The number of aromatic nitrogens is 3. The standard InChI is InChI=1S/C20H25N5/c1-15-5-6-17(16(2)13-15)18-14-19-20(21-7-10-25(19)22-18)24-9-4-8-23(3)11-12-24/h5-7,10,13-14H,4,8-9,11-12H2,1-3H3. The molecule has 1 fully saturated rings. The Hall–Kier alpha value is -2.40. The molecule has 0 spiro atoms. The van der Waals surface area contributed by atoms with Crippen LogP contribution in [0.3, 0.4) is 0 Å². The first kappa shape index (κ1) is 16.1. The van der Waals surface area contributed by atoms with Gasteiger partial charge in [-0.25, -0.2) is 9.50 Å². The molecule has 3 aromatic rings. The van der Waals surface area contributed by atoms with Gasteiger partial charge in [0.05, 0.1) is 5.69 Å². The molecule has 0 saturated carbocycles. The summed E-state index contributed by atoms with van der Waals surface area (Å²) >= 11 is 0. The van der Waals surface area contributed by atoms with Crippen molar-refractivity contribution in [3.63, 3.8) is 0 Å². The van der Waals surface area contributed by atoms with Crippen molar-refractivity contribution in [1.29, 1.82) is 0 Å². The molecule has 3 heterocycles. The molecule has 1 aromatic carbocycles. The lowest BCUT2D eigenvalue weighted by molar-refractivity contribution is 0.360. The van der Waals surface area contributed by atoms with E-state index in [4.69, 9.17) is 5.10 Å². The zero-order chi connectivity index (χ0) is 17.4. The maximum atomic E-state index is 4.81. The molecule has 5 nitrogen and oxygen atoms in total. The van der Waals surface area contributed by atoms with E-state index in [2.05, 4.69) is 59.9 Å². The van der Waals surface area contributed by atoms with Crippen LogP contribution in [0.1, 0.15) is 17.5 Å². The van der Waals surface area contributed by atoms with Gasteiger partial charge in [-0.15, -0.1) is 0 Å². The van der Waals surface area contributed by atoms with Crippen LogP contribution in [0.5, 0.6) is 0 Å². The summed E-state index contributed by atoms with van der Waals surface area (Å²) in [5.41, 5.74) is 5.83.